The Morgan fingerprint density at radius 3 is 0.927 bits per heavy atom. The average molecular weight is 1160 g/mol. The van der Waals surface area contributed by atoms with Crippen molar-refractivity contribution in [3.05, 3.63) is 24.3 Å². The van der Waals surface area contributed by atoms with Crippen LogP contribution in [0.15, 0.2) is 24.3 Å². The van der Waals surface area contributed by atoms with Crippen LogP contribution >= 0.6 is 0 Å². The van der Waals surface area contributed by atoms with Gasteiger partial charge >= 0.3 is 5.97 Å². The minimum Gasteiger partial charge on any atom is -0.466 e. The molecule has 0 aliphatic carbocycles. The smallest absolute Gasteiger partial charge is 0.305 e. The van der Waals surface area contributed by atoms with E-state index in [-0.39, 0.29) is 18.5 Å². The molecular weight excluding hydrogens is 1010 g/mol. The number of hydrogen-bond acceptors (Lipinski definition) is 5. The number of carbonyl (C=O) groups is 2. The summed E-state index contributed by atoms with van der Waals surface area (Å²) < 4.78 is 5.52. The number of aliphatic hydroxyl groups is 2. The molecule has 0 rings (SSSR count). The molecule has 0 spiro atoms. The van der Waals surface area contributed by atoms with Crippen molar-refractivity contribution in [2.75, 3.05) is 13.2 Å². The van der Waals surface area contributed by atoms with E-state index in [1.807, 2.05) is 0 Å². The van der Waals surface area contributed by atoms with Crippen LogP contribution in [-0.2, 0) is 14.3 Å². The van der Waals surface area contributed by atoms with Crippen LogP contribution in [0.1, 0.15) is 425 Å². The fraction of sp³-hybridized carbons (Fsp3) is 0.921. The number of rotatable bonds is 71. The summed E-state index contributed by atoms with van der Waals surface area (Å²) in [6.45, 7) is 4.98. The van der Waals surface area contributed by atoms with Crippen molar-refractivity contribution in [1.82, 2.24) is 5.32 Å². The van der Waals surface area contributed by atoms with Gasteiger partial charge in [-0.1, -0.05) is 378 Å². The molecule has 0 heterocycles. The third-order valence-corrected chi connectivity index (χ3v) is 17.8. The molecule has 6 nitrogen and oxygen atoms in total. The zero-order chi connectivity index (χ0) is 59.2. The third-order valence-electron chi connectivity index (χ3n) is 17.8. The van der Waals surface area contributed by atoms with Gasteiger partial charge < -0.3 is 20.3 Å². The standard InChI is InChI=1S/C76H147NO5/c1-3-5-7-9-11-13-15-16-17-18-36-40-43-46-50-54-58-62-66-70-76(81)82-71-67-63-59-55-51-47-44-41-38-35-33-31-29-27-25-23-21-19-20-22-24-26-28-30-32-34-37-39-42-45-49-53-57-61-65-69-75(80)77-73(72-78)74(79)68-64-60-56-52-48-14-12-10-8-6-4-2/h21,23,27,29,73-74,78-79H,3-20,22,24-26,28,30-72H2,1-2H3,(H,77,80)/b23-21-,29-27-. The largest absolute Gasteiger partial charge is 0.466 e. The Bertz CT molecular complexity index is 1280. The van der Waals surface area contributed by atoms with E-state index in [1.54, 1.807) is 0 Å². The molecule has 3 N–H and O–H groups in total. The molecule has 0 radical (unpaired) electrons. The molecule has 82 heavy (non-hydrogen) atoms. The van der Waals surface area contributed by atoms with E-state index in [1.165, 1.54) is 347 Å². The van der Waals surface area contributed by atoms with Gasteiger partial charge in [-0.3, -0.25) is 9.59 Å². The van der Waals surface area contributed by atoms with Crippen molar-refractivity contribution in [3.63, 3.8) is 0 Å². The number of nitrogens with one attached hydrogen (secondary N) is 1. The Labute approximate surface area is 513 Å². The van der Waals surface area contributed by atoms with Crippen LogP contribution in [0.25, 0.3) is 0 Å². The van der Waals surface area contributed by atoms with Crippen LogP contribution in [0, 0.1) is 0 Å². The number of ether oxygens (including phenoxy) is 1. The van der Waals surface area contributed by atoms with Crippen LogP contribution in [0.2, 0.25) is 0 Å². The molecule has 2 unspecified atom stereocenters. The Hall–Kier alpha value is -1.66. The highest BCUT2D eigenvalue weighted by Gasteiger charge is 2.20. The molecule has 6 heteroatoms. The second-order valence-corrected chi connectivity index (χ2v) is 26.0. The predicted octanol–water partition coefficient (Wildman–Crippen LogP) is 24.5. The summed E-state index contributed by atoms with van der Waals surface area (Å²) in [5.41, 5.74) is 0. The molecule has 0 bridgehead atoms. The van der Waals surface area contributed by atoms with E-state index in [4.69, 9.17) is 4.74 Å². The molecule has 0 saturated carbocycles. The summed E-state index contributed by atoms with van der Waals surface area (Å²) in [5.74, 6) is -0.00915. The van der Waals surface area contributed by atoms with Gasteiger partial charge in [0.1, 0.15) is 0 Å². The normalized spacial score (nSPS) is 12.6. The minimum absolute atomic E-state index is 0.0224. The molecule has 0 aliphatic heterocycles. The fourth-order valence-corrected chi connectivity index (χ4v) is 12.0. The Kier molecular flexibility index (Phi) is 70.4. The number of amides is 1. The fourth-order valence-electron chi connectivity index (χ4n) is 12.0. The van der Waals surface area contributed by atoms with Crippen molar-refractivity contribution < 1.29 is 24.5 Å². The van der Waals surface area contributed by atoms with Gasteiger partial charge in [0.15, 0.2) is 0 Å². The van der Waals surface area contributed by atoms with Crippen LogP contribution in [0.4, 0.5) is 0 Å². The number of esters is 1. The highest BCUT2D eigenvalue weighted by Crippen LogP contribution is 2.19. The Morgan fingerprint density at radius 2 is 0.610 bits per heavy atom. The van der Waals surface area contributed by atoms with Gasteiger partial charge in [0, 0.05) is 12.8 Å². The number of unbranched alkanes of at least 4 members (excludes halogenated alkanes) is 56. The number of allylic oxidation sites excluding steroid dienone is 4. The monoisotopic (exact) mass is 1150 g/mol. The summed E-state index contributed by atoms with van der Waals surface area (Å²) in [6, 6.07) is -0.538. The molecule has 486 valence electrons. The highest BCUT2D eigenvalue weighted by molar-refractivity contribution is 5.76. The van der Waals surface area contributed by atoms with E-state index in [0.717, 1.165) is 44.9 Å². The van der Waals surface area contributed by atoms with Crippen molar-refractivity contribution in [1.29, 1.82) is 0 Å². The molecule has 2 atom stereocenters. The molecule has 1 amide bonds. The van der Waals surface area contributed by atoms with Crippen molar-refractivity contribution in [2.45, 2.75) is 437 Å². The lowest BCUT2D eigenvalue weighted by Gasteiger charge is -2.22. The molecular formula is C76H147NO5. The minimum atomic E-state index is -0.661. The molecule has 0 aromatic rings. The molecule has 0 fully saturated rings. The summed E-state index contributed by atoms with van der Waals surface area (Å²) in [4.78, 5) is 24.6. The van der Waals surface area contributed by atoms with Gasteiger partial charge in [-0.15, -0.1) is 0 Å². The SMILES string of the molecule is CCCCCCCCCCCCCCCCCCCCCC(=O)OCCCCCCCCCCCCC/C=C\C/C=C\CCCCCCCCCCCCCCCCCCCC(=O)NC(CO)C(O)CCCCCCCCCCCCC. The van der Waals surface area contributed by atoms with Gasteiger partial charge in [0.2, 0.25) is 5.91 Å². The predicted molar refractivity (Wildman–Crippen MR) is 361 cm³/mol. The lowest BCUT2D eigenvalue weighted by Crippen LogP contribution is -2.45. The topological polar surface area (TPSA) is 95.9 Å². The summed E-state index contributed by atoms with van der Waals surface area (Å²) >= 11 is 0. The van der Waals surface area contributed by atoms with Gasteiger partial charge in [0.25, 0.3) is 0 Å². The van der Waals surface area contributed by atoms with Gasteiger partial charge in [-0.05, 0) is 57.8 Å². The van der Waals surface area contributed by atoms with Crippen molar-refractivity contribution in [3.8, 4) is 0 Å². The third kappa shape index (κ3) is 67.5. The lowest BCUT2D eigenvalue weighted by atomic mass is 10.0. The number of aliphatic hydroxyl groups excluding tert-OH is 2. The van der Waals surface area contributed by atoms with Gasteiger partial charge in [0.05, 0.1) is 25.4 Å². The first-order valence-corrected chi connectivity index (χ1v) is 37.6. The first kappa shape index (κ1) is 80.3. The molecule has 0 saturated heterocycles. The van der Waals surface area contributed by atoms with Crippen LogP contribution in [0.3, 0.4) is 0 Å². The first-order valence-electron chi connectivity index (χ1n) is 37.6. The zero-order valence-corrected chi connectivity index (χ0v) is 55.8. The van der Waals surface area contributed by atoms with Crippen molar-refractivity contribution in [2.24, 2.45) is 0 Å². The van der Waals surface area contributed by atoms with E-state index in [9.17, 15) is 19.8 Å². The maximum Gasteiger partial charge on any atom is 0.305 e. The average Bonchev–Trinajstić information content (AvgIpc) is 3.48. The van der Waals surface area contributed by atoms with Gasteiger partial charge in [-0.2, -0.15) is 0 Å². The number of hydrogen-bond donors (Lipinski definition) is 3. The van der Waals surface area contributed by atoms with E-state index in [2.05, 4.69) is 43.5 Å². The van der Waals surface area contributed by atoms with E-state index < -0.39 is 12.1 Å². The summed E-state index contributed by atoms with van der Waals surface area (Å²) in [5, 5.41) is 23.2. The first-order chi connectivity index (χ1) is 40.5. The van der Waals surface area contributed by atoms with Crippen LogP contribution in [-0.4, -0.2) is 47.4 Å². The zero-order valence-electron chi connectivity index (χ0n) is 55.8. The van der Waals surface area contributed by atoms with Crippen LogP contribution in [0.5, 0.6) is 0 Å². The molecule has 0 aromatic carbocycles. The second-order valence-electron chi connectivity index (χ2n) is 26.0. The van der Waals surface area contributed by atoms with E-state index in [0.29, 0.717) is 25.9 Å². The van der Waals surface area contributed by atoms with E-state index >= 15 is 0 Å². The molecule has 0 aromatic heterocycles. The number of carbonyl (C=O) groups excluding carboxylic acids is 2. The maximum absolute atomic E-state index is 12.5. The lowest BCUT2D eigenvalue weighted by molar-refractivity contribution is -0.143. The quantitative estimate of drug-likeness (QED) is 0.0320. The maximum atomic E-state index is 12.5. The van der Waals surface area contributed by atoms with Crippen LogP contribution < -0.4 is 5.32 Å². The summed E-state index contributed by atoms with van der Waals surface area (Å²) in [6.07, 6.45) is 91.2. The second kappa shape index (κ2) is 71.8. The Morgan fingerprint density at radius 1 is 0.341 bits per heavy atom. The highest BCUT2D eigenvalue weighted by atomic mass is 16.5. The van der Waals surface area contributed by atoms with Crippen molar-refractivity contribution >= 4 is 11.9 Å². The summed E-state index contributed by atoms with van der Waals surface area (Å²) in [7, 11) is 0. The Balaban J connectivity index is 3.33. The van der Waals surface area contributed by atoms with Gasteiger partial charge in [-0.25, -0.2) is 0 Å². The molecule has 0 aliphatic rings.